The molecule has 0 saturated heterocycles. The Morgan fingerprint density at radius 3 is 2.48 bits per heavy atom. The Bertz CT molecular complexity index is 1010. The summed E-state index contributed by atoms with van der Waals surface area (Å²) in [6, 6.07) is 16.0. The van der Waals surface area contributed by atoms with E-state index in [1.165, 1.54) is 6.07 Å². The maximum atomic E-state index is 12.4. The van der Waals surface area contributed by atoms with Gasteiger partial charge in [-0.3, -0.25) is 10.1 Å². The number of aromatic nitrogens is 1. The summed E-state index contributed by atoms with van der Waals surface area (Å²) in [6.07, 6.45) is 0.668. The number of amides is 2. The second-order valence-corrected chi connectivity index (χ2v) is 5.79. The van der Waals surface area contributed by atoms with Crippen LogP contribution in [-0.4, -0.2) is 36.2 Å². The van der Waals surface area contributed by atoms with Crippen LogP contribution in [0.15, 0.2) is 65.2 Å². The molecule has 1 N–H and O–H groups in total. The van der Waals surface area contributed by atoms with Gasteiger partial charge in [0.1, 0.15) is 0 Å². The van der Waals surface area contributed by atoms with Crippen molar-refractivity contribution < 1.29 is 28.3 Å². The number of ether oxygens (including phenoxy) is 2. The Balaban J connectivity index is 1.72. The van der Waals surface area contributed by atoms with Crippen LogP contribution in [0.25, 0.3) is 22.8 Å². The van der Waals surface area contributed by atoms with Crippen LogP contribution in [0.1, 0.15) is 17.3 Å². The summed E-state index contributed by atoms with van der Waals surface area (Å²) >= 11 is 0. The van der Waals surface area contributed by atoms with E-state index in [1.54, 1.807) is 31.3 Å². The van der Waals surface area contributed by atoms with Gasteiger partial charge in [0.25, 0.3) is 5.91 Å². The molecule has 8 nitrogen and oxygen atoms in total. The maximum absolute atomic E-state index is 12.4. The summed E-state index contributed by atoms with van der Waals surface area (Å²) < 4.78 is 15.4. The maximum Gasteiger partial charge on any atom is 0.413 e. The van der Waals surface area contributed by atoms with Crippen LogP contribution < -0.4 is 5.32 Å². The Kier molecular flexibility index (Phi) is 6.36. The fourth-order valence-electron chi connectivity index (χ4n) is 2.51. The molecule has 1 aromatic heterocycles. The molecule has 0 aliphatic carbocycles. The summed E-state index contributed by atoms with van der Waals surface area (Å²) in [5.74, 6) is -0.749. The Hall–Kier alpha value is -3.94. The molecule has 1 heterocycles. The van der Waals surface area contributed by atoms with E-state index >= 15 is 0 Å². The number of benzene rings is 2. The summed E-state index contributed by atoms with van der Waals surface area (Å²) in [7, 11) is 0. The van der Waals surface area contributed by atoms with Gasteiger partial charge >= 0.3 is 12.1 Å². The first-order chi connectivity index (χ1) is 14.1. The molecule has 29 heavy (non-hydrogen) atoms. The van der Waals surface area contributed by atoms with Crippen molar-refractivity contribution in [2.75, 3.05) is 13.2 Å². The number of oxazole rings is 1. The van der Waals surface area contributed by atoms with Gasteiger partial charge in [0.15, 0.2) is 12.4 Å². The molecule has 0 radical (unpaired) electrons. The number of esters is 1. The number of carbonyl (C=O) groups excluding carboxylic acids is 3. The van der Waals surface area contributed by atoms with Crippen LogP contribution in [-0.2, 0) is 14.3 Å². The van der Waals surface area contributed by atoms with Gasteiger partial charge in [0.2, 0.25) is 5.89 Å². The van der Waals surface area contributed by atoms with Crippen LogP contribution >= 0.6 is 0 Å². The minimum Gasteiger partial charge on any atom is -0.452 e. The summed E-state index contributed by atoms with van der Waals surface area (Å²) in [4.78, 5) is 39.6. The van der Waals surface area contributed by atoms with Crippen molar-refractivity contribution in [1.82, 2.24) is 10.3 Å². The van der Waals surface area contributed by atoms with Crippen molar-refractivity contribution in [1.29, 1.82) is 0 Å². The van der Waals surface area contributed by atoms with E-state index in [0.29, 0.717) is 11.3 Å². The Morgan fingerprint density at radius 2 is 1.72 bits per heavy atom. The van der Waals surface area contributed by atoms with Crippen molar-refractivity contribution in [3.8, 4) is 22.8 Å². The summed E-state index contributed by atoms with van der Waals surface area (Å²) in [5.41, 5.74) is 1.45. The van der Waals surface area contributed by atoms with Crippen LogP contribution in [0, 0.1) is 0 Å². The second kappa shape index (κ2) is 9.32. The molecule has 0 aliphatic heterocycles. The average Bonchev–Trinajstić information content (AvgIpc) is 3.23. The van der Waals surface area contributed by atoms with E-state index in [1.807, 2.05) is 35.6 Å². The lowest BCUT2D eigenvalue weighted by Gasteiger charge is -2.08. The number of alkyl carbamates (subject to hydrolysis) is 1. The molecular formula is C21H18N2O6. The van der Waals surface area contributed by atoms with Crippen LogP contribution in [0.3, 0.4) is 0 Å². The molecule has 0 fully saturated rings. The first-order valence-electron chi connectivity index (χ1n) is 8.83. The molecule has 0 atom stereocenters. The van der Waals surface area contributed by atoms with Gasteiger partial charge < -0.3 is 13.9 Å². The lowest BCUT2D eigenvalue weighted by atomic mass is 10.1. The first kappa shape index (κ1) is 19.8. The highest BCUT2D eigenvalue weighted by Gasteiger charge is 2.19. The summed E-state index contributed by atoms with van der Waals surface area (Å²) in [5, 5.41) is 1.95. The van der Waals surface area contributed by atoms with Gasteiger partial charge in [-0.05, 0) is 19.1 Å². The highest BCUT2D eigenvalue weighted by Crippen LogP contribution is 2.28. The molecule has 0 spiro atoms. The average molecular weight is 394 g/mol. The third kappa shape index (κ3) is 5.07. The van der Waals surface area contributed by atoms with Crippen molar-refractivity contribution in [3.63, 3.8) is 0 Å². The smallest absolute Gasteiger partial charge is 0.413 e. The third-order valence-corrected chi connectivity index (χ3v) is 3.79. The number of nitrogens with zero attached hydrogens (tertiary/aromatic N) is 1. The standard InChI is InChI=1S/C21H18N2O6/c1-2-27-21(26)23-18(24)13-28-20(25)16-11-7-6-10-15(16)19-22-12-17(29-19)14-8-4-3-5-9-14/h3-12H,2,13H2,1H3,(H,23,24,26). The molecule has 0 saturated carbocycles. The molecule has 0 bridgehead atoms. The zero-order chi connectivity index (χ0) is 20.6. The predicted molar refractivity (Wildman–Crippen MR) is 103 cm³/mol. The van der Waals surface area contributed by atoms with Crippen LogP contribution in [0.4, 0.5) is 4.79 Å². The molecular weight excluding hydrogens is 376 g/mol. The van der Waals surface area contributed by atoms with Gasteiger partial charge in [-0.15, -0.1) is 0 Å². The van der Waals surface area contributed by atoms with Gasteiger partial charge in [-0.25, -0.2) is 14.6 Å². The lowest BCUT2D eigenvalue weighted by molar-refractivity contribution is -0.123. The quantitative estimate of drug-likeness (QED) is 0.638. The Labute approximate surface area is 166 Å². The molecule has 0 aliphatic rings. The van der Waals surface area contributed by atoms with Crippen molar-refractivity contribution in [2.24, 2.45) is 0 Å². The van der Waals surface area contributed by atoms with Crippen LogP contribution in [0.5, 0.6) is 0 Å². The van der Waals surface area contributed by atoms with E-state index in [0.717, 1.165) is 5.56 Å². The van der Waals surface area contributed by atoms with Crippen LogP contribution in [0.2, 0.25) is 0 Å². The van der Waals surface area contributed by atoms with Gasteiger partial charge in [-0.1, -0.05) is 42.5 Å². The van der Waals surface area contributed by atoms with Gasteiger partial charge in [0, 0.05) is 5.56 Å². The monoisotopic (exact) mass is 394 g/mol. The number of carbonyl (C=O) groups is 3. The minimum absolute atomic E-state index is 0.118. The normalized spacial score (nSPS) is 10.2. The number of hydrogen-bond donors (Lipinski definition) is 1. The van der Waals surface area contributed by atoms with Gasteiger partial charge in [-0.2, -0.15) is 0 Å². The first-order valence-corrected chi connectivity index (χ1v) is 8.83. The highest BCUT2D eigenvalue weighted by atomic mass is 16.6. The SMILES string of the molecule is CCOC(=O)NC(=O)COC(=O)c1ccccc1-c1ncc(-c2ccccc2)o1. The number of imide groups is 1. The molecule has 148 valence electrons. The predicted octanol–water partition coefficient (Wildman–Crippen LogP) is 3.44. The molecule has 2 aromatic carbocycles. The van der Waals surface area contributed by atoms with E-state index in [2.05, 4.69) is 9.72 Å². The minimum atomic E-state index is -0.901. The molecule has 3 rings (SSSR count). The number of nitrogens with one attached hydrogen (secondary N) is 1. The molecule has 8 heteroatoms. The fourth-order valence-corrected chi connectivity index (χ4v) is 2.51. The number of hydrogen-bond acceptors (Lipinski definition) is 7. The third-order valence-electron chi connectivity index (χ3n) is 3.79. The van der Waals surface area contributed by atoms with E-state index in [4.69, 9.17) is 9.15 Å². The highest BCUT2D eigenvalue weighted by molar-refractivity contribution is 5.98. The Morgan fingerprint density at radius 1 is 1.00 bits per heavy atom. The zero-order valence-corrected chi connectivity index (χ0v) is 15.6. The zero-order valence-electron chi connectivity index (χ0n) is 15.6. The van der Waals surface area contributed by atoms with E-state index in [9.17, 15) is 14.4 Å². The second-order valence-electron chi connectivity index (χ2n) is 5.79. The largest absolute Gasteiger partial charge is 0.452 e. The van der Waals surface area contributed by atoms with Crippen molar-refractivity contribution >= 4 is 18.0 Å². The van der Waals surface area contributed by atoms with E-state index in [-0.39, 0.29) is 18.1 Å². The van der Waals surface area contributed by atoms with Crippen molar-refractivity contribution in [2.45, 2.75) is 6.92 Å². The molecule has 3 aromatic rings. The molecule has 2 amide bonds. The summed E-state index contributed by atoms with van der Waals surface area (Å²) in [6.45, 7) is 1.09. The fraction of sp³-hybridized carbons (Fsp3) is 0.143. The lowest BCUT2D eigenvalue weighted by Crippen LogP contribution is -2.34. The number of rotatable bonds is 6. The molecule has 0 unspecified atom stereocenters. The van der Waals surface area contributed by atoms with Gasteiger partial charge in [0.05, 0.1) is 23.9 Å². The van der Waals surface area contributed by atoms with Crippen molar-refractivity contribution in [3.05, 3.63) is 66.4 Å². The van der Waals surface area contributed by atoms with E-state index < -0.39 is 24.6 Å². The topological polar surface area (TPSA) is 108 Å².